The van der Waals surface area contributed by atoms with Crippen LogP contribution in [0.2, 0.25) is 0 Å². The number of rotatable bonds is 3. The van der Waals surface area contributed by atoms with Gasteiger partial charge in [0.25, 0.3) is 0 Å². The lowest BCUT2D eigenvalue weighted by molar-refractivity contribution is 0.0606. The Hall–Kier alpha value is -0.900. The summed E-state index contributed by atoms with van der Waals surface area (Å²) in [5.41, 5.74) is 3.77. The topological polar surface area (TPSA) is 18.5 Å². The van der Waals surface area contributed by atoms with Crippen LogP contribution in [0.4, 0.5) is 0 Å². The number of likely N-dealkylation sites (N-methyl/N-ethyl adjacent to an activating group) is 2. The van der Waals surface area contributed by atoms with Gasteiger partial charge in [-0.25, -0.2) is 0 Å². The van der Waals surface area contributed by atoms with Crippen molar-refractivity contribution in [2.24, 2.45) is 5.41 Å². The van der Waals surface area contributed by atoms with E-state index in [4.69, 9.17) is 0 Å². The third-order valence-corrected chi connectivity index (χ3v) is 7.42. The average molecular weight is 342 g/mol. The smallest absolute Gasteiger partial charge is 0.0264 e. The fraction of sp³-hybridized carbons (Fsp3) is 0.727. The van der Waals surface area contributed by atoms with Crippen molar-refractivity contribution in [3.05, 3.63) is 35.4 Å². The molecule has 0 aromatic heterocycles. The van der Waals surface area contributed by atoms with Crippen LogP contribution in [0.5, 0.6) is 0 Å². The molecule has 3 aliphatic rings. The lowest BCUT2D eigenvalue weighted by Gasteiger charge is -2.46. The number of nitrogens with one attached hydrogen (secondary N) is 1. The molecule has 1 atom stereocenters. The molecule has 1 saturated carbocycles. The molecule has 1 N–H and O–H groups in total. The molecule has 1 aromatic rings. The van der Waals surface area contributed by atoms with E-state index in [-0.39, 0.29) is 0 Å². The predicted molar refractivity (Wildman–Crippen MR) is 105 cm³/mol. The van der Waals surface area contributed by atoms with Crippen molar-refractivity contribution in [3.8, 4) is 0 Å². The highest BCUT2D eigenvalue weighted by Crippen LogP contribution is 2.44. The van der Waals surface area contributed by atoms with Gasteiger partial charge in [0.15, 0.2) is 0 Å². The Morgan fingerprint density at radius 1 is 1.08 bits per heavy atom. The third-order valence-electron chi connectivity index (χ3n) is 7.42. The first-order chi connectivity index (χ1) is 12.2. The van der Waals surface area contributed by atoms with Crippen molar-refractivity contribution in [1.29, 1.82) is 0 Å². The Morgan fingerprint density at radius 2 is 1.76 bits per heavy atom. The van der Waals surface area contributed by atoms with Crippen LogP contribution in [0, 0.1) is 5.41 Å². The molecule has 0 radical (unpaired) electrons. The molecule has 138 valence electrons. The number of hydrogen-bond donors (Lipinski definition) is 1. The molecule has 2 fully saturated rings. The number of piperidine rings is 1. The van der Waals surface area contributed by atoms with Crippen molar-refractivity contribution in [3.63, 3.8) is 0 Å². The summed E-state index contributed by atoms with van der Waals surface area (Å²) in [5.74, 6) is 0. The molecule has 0 amide bonds. The maximum Gasteiger partial charge on any atom is 0.0264 e. The van der Waals surface area contributed by atoms with Crippen LogP contribution in [0.15, 0.2) is 24.3 Å². The standard InChI is InChI=1S/C22H35N3/c1-24-16-19-6-4-3-5-18(19)15-21(24)17-25(2)20-7-9-22(10-8-20)11-13-23-14-12-22/h3-6,20-21,23H,7-17H2,1-2H3. The fourth-order valence-electron chi connectivity index (χ4n) is 5.52. The Labute approximate surface area is 153 Å². The van der Waals surface area contributed by atoms with Gasteiger partial charge < -0.3 is 10.2 Å². The Bertz CT molecular complexity index is 568. The summed E-state index contributed by atoms with van der Waals surface area (Å²) in [5, 5.41) is 3.54. The lowest BCUT2D eigenvalue weighted by Crippen LogP contribution is -2.49. The van der Waals surface area contributed by atoms with Gasteiger partial charge in [0, 0.05) is 25.2 Å². The zero-order valence-corrected chi connectivity index (χ0v) is 16.1. The maximum absolute atomic E-state index is 3.54. The first kappa shape index (κ1) is 17.5. The summed E-state index contributed by atoms with van der Waals surface area (Å²) < 4.78 is 0. The first-order valence-corrected chi connectivity index (χ1v) is 10.3. The van der Waals surface area contributed by atoms with E-state index >= 15 is 0 Å². The molecular weight excluding hydrogens is 306 g/mol. The van der Waals surface area contributed by atoms with Gasteiger partial charge in [-0.2, -0.15) is 0 Å². The second-order valence-electron chi connectivity index (χ2n) is 8.96. The Kier molecular flexibility index (Phi) is 5.17. The average Bonchev–Trinajstić information content (AvgIpc) is 2.63. The van der Waals surface area contributed by atoms with E-state index in [2.05, 4.69) is 53.5 Å². The second-order valence-corrected chi connectivity index (χ2v) is 8.96. The molecule has 3 nitrogen and oxygen atoms in total. The Morgan fingerprint density at radius 3 is 2.48 bits per heavy atom. The largest absolute Gasteiger partial charge is 0.317 e. The molecule has 2 aliphatic heterocycles. The van der Waals surface area contributed by atoms with E-state index in [1.165, 1.54) is 70.1 Å². The monoisotopic (exact) mass is 341 g/mol. The number of fused-ring (bicyclic) bond motifs is 1. The minimum Gasteiger partial charge on any atom is -0.317 e. The van der Waals surface area contributed by atoms with Crippen molar-refractivity contribution in [2.45, 2.75) is 63.6 Å². The van der Waals surface area contributed by atoms with Crippen molar-refractivity contribution in [1.82, 2.24) is 15.1 Å². The molecule has 25 heavy (non-hydrogen) atoms. The summed E-state index contributed by atoms with van der Waals surface area (Å²) in [6.45, 7) is 4.80. The van der Waals surface area contributed by atoms with Gasteiger partial charge in [-0.15, -0.1) is 0 Å². The zero-order valence-electron chi connectivity index (χ0n) is 16.1. The van der Waals surface area contributed by atoms with Gasteiger partial charge in [0.05, 0.1) is 0 Å². The van der Waals surface area contributed by atoms with Gasteiger partial charge in [0.2, 0.25) is 0 Å². The van der Waals surface area contributed by atoms with Crippen molar-refractivity contribution >= 4 is 0 Å². The molecule has 4 rings (SSSR count). The minimum absolute atomic E-state index is 0.662. The normalized spacial score (nSPS) is 27.6. The fourth-order valence-corrected chi connectivity index (χ4v) is 5.52. The highest BCUT2D eigenvalue weighted by Gasteiger charge is 2.37. The summed E-state index contributed by atoms with van der Waals surface area (Å²) in [7, 11) is 4.68. The molecule has 1 aliphatic carbocycles. The van der Waals surface area contributed by atoms with E-state index < -0.39 is 0 Å². The van der Waals surface area contributed by atoms with E-state index in [9.17, 15) is 0 Å². The molecule has 1 unspecified atom stereocenters. The highest BCUT2D eigenvalue weighted by atomic mass is 15.2. The molecule has 0 bridgehead atoms. The van der Waals surface area contributed by atoms with E-state index in [1.807, 2.05) is 0 Å². The summed E-state index contributed by atoms with van der Waals surface area (Å²) in [4.78, 5) is 5.25. The minimum atomic E-state index is 0.662. The van der Waals surface area contributed by atoms with E-state index in [0.29, 0.717) is 11.5 Å². The van der Waals surface area contributed by atoms with Crippen LogP contribution in [0.25, 0.3) is 0 Å². The second kappa shape index (κ2) is 7.38. The predicted octanol–water partition coefficient (Wildman–Crippen LogP) is 3.29. The van der Waals surface area contributed by atoms with Crippen molar-refractivity contribution in [2.75, 3.05) is 33.7 Å². The number of hydrogen-bond acceptors (Lipinski definition) is 3. The summed E-state index contributed by atoms with van der Waals surface area (Å²) in [6.07, 6.45) is 9.74. The summed E-state index contributed by atoms with van der Waals surface area (Å²) in [6, 6.07) is 10.5. The quantitative estimate of drug-likeness (QED) is 0.910. The zero-order chi connectivity index (χ0) is 17.3. The number of benzene rings is 1. The van der Waals surface area contributed by atoms with Gasteiger partial charge in [-0.05, 0) is 88.7 Å². The first-order valence-electron chi connectivity index (χ1n) is 10.3. The van der Waals surface area contributed by atoms with Gasteiger partial charge in [-0.1, -0.05) is 24.3 Å². The van der Waals surface area contributed by atoms with Crippen LogP contribution in [-0.4, -0.2) is 55.6 Å². The van der Waals surface area contributed by atoms with Gasteiger partial charge in [0.1, 0.15) is 0 Å². The molecule has 1 spiro atoms. The lowest BCUT2D eigenvalue weighted by atomic mass is 9.67. The van der Waals surface area contributed by atoms with Crippen molar-refractivity contribution < 1.29 is 0 Å². The molecular formula is C22H35N3. The van der Waals surface area contributed by atoms with Crippen LogP contribution in [0.3, 0.4) is 0 Å². The van der Waals surface area contributed by atoms with Gasteiger partial charge >= 0.3 is 0 Å². The van der Waals surface area contributed by atoms with E-state index in [1.54, 1.807) is 5.56 Å². The number of nitrogens with zero attached hydrogens (tertiary/aromatic N) is 2. The molecule has 3 heteroatoms. The maximum atomic E-state index is 3.54. The van der Waals surface area contributed by atoms with Crippen LogP contribution >= 0.6 is 0 Å². The molecule has 2 heterocycles. The Balaban J connectivity index is 1.33. The van der Waals surface area contributed by atoms with Crippen LogP contribution in [0.1, 0.15) is 49.7 Å². The summed E-state index contributed by atoms with van der Waals surface area (Å²) >= 11 is 0. The third kappa shape index (κ3) is 3.79. The molecule has 1 saturated heterocycles. The van der Waals surface area contributed by atoms with Crippen LogP contribution in [-0.2, 0) is 13.0 Å². The van der Waals surface area contributed by atoms with Crippen LogP contribution < -0.4 is 5.32 Å². The SMILES string of the molecule is CN1Cc2ccccc2CC1CN(C)C1CCC2(CCNCC2)CC1. The van der Waals surface area contributed by atoms with E-state index in [0.717, 1.165) is 12.6 Å². The van der Waals surface area contributed by atoms with Gasteiger partial charge in [-0.3, -0.25) is 4.90 Å². The molecule has 1 aromatic carbocycles. The highest BCUT2D eigenvalue weighted by molar-refractivity contribution is 5.30.